The standard InChI is InChI=1S/C24H26O2/c1-2-3-15-20-21(23(25)18-11-6-4-7-12-18)16-10-17-22(20)24(26)19-13-8-5-9-14-19/h4-14,16-17,23-26H,2-3,15H2,1H3. The Hall–Kier alpha value is -2.42. The molecule has 0 aliphatic heterocycles. The second-order valence-electron chi connectivity index (χ2n) is 6.65. The van der Waals surface area contributed by atoms with E-state index in [1.54, 1.807) is 0 Å². The van der Waals surface area contributed by atoms with Crippen LogP contribution in [0.2, 0.25) is 0 Å². The molecule has 0 heterocycles. The molecule has 2 unspecified atom stereocenters. The van der Waals surface area contributed by atoms with E-state index < -0.39 is 12.2 Å². The molecule has 26 heavy (non-hydrogen) atoms. The minimum absolute atomic E-state index is 0.689. The van der Waals surface area contributed by atoms with Gasteiger partial charge in [0, 0.05) is 0 Å². The molecule has 3 aromatic rings. The molecule has 0 spiro atoms. The van der Waals surface area contributed by atoms with E-state index in [0.29, 0.717) is 0 Å². The SMILES string of the molecule is CCCCc1c(C(O)c2ccccc2)cccc1C(O)c1ccccc1. The van der Waals surface area contributed by atoms with Gasteiger partial charge >= 0.3 is 0 Å². The Labute approximate surface area is 155 Å². The predicted molar refractivity (Wildman–Crippen MR) is 106 cm³/mol. The van der Waals surface area contributed by atoms with Crippen LogP contribution in [0.1, 0.15) is 59.8 Å². The summed E-state index contributed by atoms with van der Waals surface area (Å²) in [6.45, 7) is 2.16. The number of rotatable bonds is 7. The van der Waals surface area contributed by atoms with E-state index in [9.17, 15) is 10.2 Å². The molecule has 0 aliphatic carbocycles. The molecule has 3 aromatic carbocycles. The molecule has 0 saturated carbocycles. The molecule has 0 bridgehead atoms. The Bertz CT molecular complexity index is 748. The molecule has 0 fully saturated rings. The van der Waals surface area contributed by atoms with Crippen LogP contribution in [0.3, 0.4) is 0 Å². The lowest BCUT2D eigenvalue weighted by Gasteiger charge is -2.22. The third kappa shape index (κ3) is 4.04. The van der Waals surface area contributed by atoms with Gasteiger partial charge in [-0.1, -0.05) is 92.2 Å². The van der Waals surface area contributed by atoms with Gasteiger partial charge in [-0.05, 0) is 40.7 Å². The topological polar surface area (TPSA) is 40.5 Å². The van der Waals surface area contributed by atoms with Gasteiger partial charge in [0.25, 0.3) is 0 Å². The van der Waals surface area contributed by atoms with E-state index >= 15 is 0 Å². The van der Waals surface area contributed by atoms with Gasteiger partial charge < -0.3 is 10.2 Å². The molecular formula is C24H26O2. The van der Waals surface area contributed by atoms with Crippen LogP contribution < -0.4 is 0 Å². The summed E-state index contributed by atoms with van der Waals surface area (Å²) in [5, 5.41) is 21.9. The van der Waals surface area contributed by atoms with E-state index in [1.807, 2.05) is 78.9 Å². The minimum atomic E-state index is -0.689. The number of unbranched alkanes of at least 4 members (excludes halogenated alkanes) is 1. The van der Waals surface area contributed by atoms with Gasteiger partial charge in [-0.25, -0.2) is 0 Å². The Balaban J connectivity index is 2.05. The van der Waals surface area contributed by atoms with Gasteiger partial charge in [0.2, 0.25) is 0 Å². The normalized spacial score (nSPS) is 13.3. The summed E-state index contributed by atoms with van der Waals surface area (Å²) in [6.07, 6.45) is 1.55. The maximum Gasteiger partial charge on any atom is 0.104 e. The van der Waals surface area contributed by atoms with Crippen LogP contribution in [-0.2, 0) is 6.42 Å². The molecule has 0 aliphatic rings. The van der Waals surface area contributed by atoms with Crippen molar-refractivity contribution < 1.29 is 10.2 Å². The maximum atomic E-state index is 11.0. The third-order valence-corrected chi connectivity index (χ3v) is 4.85. The summed E-state index contributed by atoms with van der Waals surface area (Å²) >= 11 is 0. The van der Waals surface area contributed by atoms with Gasteiger partial charge in [0.1, 0.15) is 12.2 Å². The molecule has 2 atom stereocenters. The van der Waals surface area contributed by atoms with Crippen molar-refractivity contribution in [3.8, 4) is 0 Å². The predicted octanol–water partition coefficient (Wildman–Crippen LogP) is 5.19. The molecule has 2 heteroatoms. The number of aliphatic hydroxyl groups excluding tert-OH is 2. The Morgan fingerprint density at radius 1 is 0.654 bits per heavy atom. The van der Waals surface area contributed by atoms with Crippen molar-refractivity contribution in [1.29, 1.82) is 0 Å². The van der Waals surface area contributed by atoms with Crippen LogP contribution in [0.25, 0.3) is 0 Å². The molecule has 0 aromatic heterocycles. The highest BCUT2D eigenvalue weighted by molar-refractivity contribution is 5.44. The van der Waals surface area contributed by atoms with Gasteiger partial charge in [-0.3, -0.25) is 0 Å². The van der Waals surface area contributed by atoms with E-state index in [-0.39, 0.29) is 0 Å². The van der Waals surface area contributed by atoms with Crippen molar-refractivity contribution in [3.63, 3.8) is 0 Å². The minimum Gasteiger partial charge on any atom is -0.384 e. The molecule has 0 radical (unpaired) electrons. The van der Waals surface area contributed by atoms with Crippen molar-refractivity contribution in [2.75, 3.05) is 0 Å². The van der Waals surface area contributed by atoms with Gasteiger partial charge in [0.15, 0.2) is 0 Å². The quantitative estimate of drug-likeness (QED) is 0.618. The maximum absolute atomic E-state index is 11.0. The lowest BCUT2D eigenvalue weighted by Crippen LogP contribution is -2.10. The summed E-state index contributed by atoms with van der Waals surface area (Å²) in [6, 6.07) is 25.3. The summed E-state index contributed by atoms with van der Waals surface area (Å²) in [5.41, 5.74) is 4.57. The van der Waals surface area contributed by atoms with E-state index in [1.165, 1.54) is 0 Å². The van der Waals surface area contributed by atoms with E-state index in [0.717, 1.165) is 47.1 Å². The smallest absolute Gasteiger partial charge is 0.104 e. The summed E-state index contributed by atoms with van der Waals surface area (Å²) in [5.74, 6) is 0. The van der Waals surface area contributed by atoms with Crippen LogP contribution in [-0.4, -0.2) is 10.2 Å². The summed E-state index contributed by atoms with van der Waals surface area (Å²) in [7, 11) is 0. The van der Waals surface area contributed by atoms with E-state index in [2.05, 4.69) is 6.92 Å². The zero-order valence-corrected chi connectivity index (χ0v) is 15.2. The van der Waals surface area contributed by atoms with Crippen LogP contribution in [0.15, 0.2) is 78.9 Å². The third-order valence-electron chi connectivity index (χ3n) is 4.85. The largest absolute Gasteiger partial charge is 0.384 e. The van der Waals surface area contributed by atoms with Crippen molar-refractivity contribution in [3.05, 3.63) is 107 Å². The average Bonchev–Trinajstić information content (AvgIpc) is 2.72. The van der Waals surface area contributed by atoms with Crippen molar-refractivity contribution in [2.45, 2.75) is 38.4 Å². The molecular weight excluding hydrogens is 320 g/mol. The first-order valence-corrected chi connectivity index (χ1v) is 9.30. The second-order valence-corrected chi connectivity index (χ2v) is 6.65. The number of hydrogen-bond acceptors (Lipinski definition) is 2. The first kappa shape index (κ1) is 18.4. The highest BCUT2D eigenvalue weighted by Crippen LogP contribution is 2.33. The lowest BCUT2D eigenvalue weighted by atomic mass is 9.87. The Morgan fingerprint density at radius 3 is 1.54 bits per heavy atom. The molecule has 2 N–H and O–H groups in total. The molecule has 0 amide bonds. The Kier molecular flexibility index (Phi) is 6.21. The fraction of sp³-hybridized carbons (Fsp3) is 0.250. The van der Waals surface area contributed by atoms with Crippen LogP contribution in [0, 0.1) is 0 Å². The first-order valence-electron chi connectivity index (χ1n) is 9.30. The van der Waals surface area contributed by atoms with Crippen LogP contribution in [0.5, 0.6) is 0 Å². The van der Waals surface area contributed by atoms with E-state index in [4.69, 9.17) is 0 Å². The summed E-state index contributed by atoms with van der Waals surface area (Å²) in [4.78, 5) is 0. The number of benzene rings is 3. The van der Waals surface area contributed by atoms with Crippen molar-refractivity contribution in [2.24, 2.45) is 0 Å². The summed E-state index contributed by atoms with van der Waals surface area (Å²) < 4.78 is 0. The second kappa shape index (κ2) is 8.79. The molecule has 2 nitrogen and oxygen atoms in total. The van der Waals surface area contributed by atoms with Crippen LogP contribution >= 0.6 is 0 Å². The molecule has 0 saturated heterocycles. The first-order chi connectivity index (χ1) is 12.7. The monoisotopic (exact) mass is 346 g/mol. The fourth-order valence-corrected chi connectivity index (χ4v) is 3.41. The Morgan fingerprint density at radius 2 is 1.12 bits per heavy atom. The fourth-order valence-electron chi connectivity index (χ4n) is 3.41. The lowest BCUT2D eigenvalue weighted by molar-refractivity contribution is 0.211. The molecule has 3 rings (SSSR count). The van der Waals surface area contributed by atoms with Gasteiger partial charge in [0.05, 0.1) is 0 Å². The number of hydrogen-bond donors (Lipinski definition) is 2. The zero-order valence-electron chi connectivity index (χ0n) is 15.2. The highest BCUT2D eigenvalue weighted by atomic mass is 16.3. The van der Waals surface area contributed by atoms with Gasteiger partial charge in [-0.2, -0.15) is 0 Å². The average molecular weight is 346 g/mol. The van der Waals surface area contributed by atoms with Crippen molar-refractivity contribution >= 4 is 0 Å². The zero-order chi connectivity index (χ0) is 18.4. The number of aliphatic hydroxyl groups is 2. The van der Waals surface area contributed by atoms with Crippen LogP contribution in [0.4, 0.5) is 0 Å². The van der Waals surface area contributed by atoms with Gasteiger partial charge in [-0.15, -0.1) is 0 Å². The molecule has 134 valence electrons. The highest BCUT2D eigenvalue weighted by Gasteiger charge is 2.21. The van der Waals surface area contributed by atoms with Crippen molar-refractivity contribution in [1.82, 2.24) is 0 Å².